The molecule has 2 rings (SSSR count). The lowest BCUT2D eigenvalue weighted by Crippen LogP contribution is -2.50. The summed E-state index contributed by atoms with van der Waals surface area (Å²) in [5.74, 6) is 1.99. The molecule has 2 aliphatic rings. The van der Waals surface area contributed by atoms with Crippen LogP contribution in [0.1, 0.15) is 33.1 Å². The molecule has 0 aliphatic carbocycles. The molecular weight excluding hydrogens is 256 g/mol. The molecule has 2 heterocycles. The maximum atomic E-state index is 5.72. The van der Waals surface area contributed by atoms with E-state index in [0.29, 0.717) is 12.0 Å². The van der Waals surface area contributed by atoms with Crippen LogP contribution in [-0.4, -0.2) is 61.3 Å². The topological polar surface area (TPSA) is 24.5 Å². The van der Waals surface area contributed by atoms with Crippen molar-refractivity contribution in [3.05, 3.63) is 0 Å². The van der Waals surface area contributed by atoms with Crippen molar-refractivity contribution in [3.8, 4) is 0 Å². The average molecular weight is 286 g/mol. The first kappa shape index (κ1) is 15.6. The lowest BCUT2D eigenvalue weighted by Gasteiger charge is -2.39. The molecule has 0 aromatic rings. The van der Waals surface area contributed by atoms with Gasteiger partial charge in [0.15, 0.2) is 0 Å². The minimum Gasteiger partial charge on any atom is -0.381 e. The minimum absolute atomic E-state index is 0.670. The van der Waals surface area contributed by atoms with Gasteiger partial charge in [0.25, 0.3) is 0 Å². The molecule has 0 bridgehead atoms. The Morgan fingerprint density at radius 1 is 1.37 bits per heavy atom. The Hall–Kier alpha value is 0.230. The SMILES string of the molecule is CCCNC1CCOCC1CN1CCSC(CC)C1. The third-order valence-electron chi connectivity index (χ3n) is 4.30. The van der Waals surface area contributed by atoms with Crippen LogP contribution < -0.4 is 5.32 Å². The highest BCUT2D eigenvalue weighted by atomic mass is 32.2. The van der Waals surface area contributed by atoms with Crippen molar-refractivity contribution in [2.75, 3.05) is 45.1 Å². The van der Waals surface area contributed by atoms with E-state index in [1.54, 1.807) is 0 Å². The predicted octanol–water partition coefficient (Wildman–Crippen LogP) is 2.22. The van der Waals surface area contributed by atoms with Gasteiger partial charge >= 0.3 is 0 Å². The van der Waals surface area contributed by atoms with Gasteiger partial charge in [-0.2, -0.15) is 11.8 Å². The zero-order chi connectivity index (χ0) is 13.5. The van der Waals surface area contributed by atoms with Crippen molar-refractivity contribution in [1.29, 1.82) is 0 Å². The predicted molar refractivity (Wildman–Crippen MR) is 84.0 cm³/mol. The minimum atomic E-state index is 0.670. The third-order valence-corrected chi connectivity index (χ3v) is 5.67. The van der Waals surface area contributed by atoms with E-state index in [9.17, 15) is 0 Å². The molecule has 3 atom stereocenters. The maximum absolute atomic E-state index is 5.72. The number of hydrogen-bond donors (Lipinski definition) is 1. The highest BCUT2D eigenvalue weighted by Gasteiger charge is 2.28. The Labute approximate surface area is 122 Å². The van der Waals surface area contributed by atoms with Gasteiger partial charge in [0.05, 0.1) is 6.61 Å². The van der Waals surface area contributed by atoms with Crippen LogP contribution in [0, 0.1) is 5.92 Å². The van der Waals surface area contributed by atoms with Crippen LogP contribution in [0.15, 0.2) is 0 Å². The third kappa shape index (κ3) is 4.92. The van der Waals surface area contributed by atoms with Gasteiger partial charge in [0, 0.05) is 49.2 Å². The standard InChI is InChI=1S/C15H30N2OS/c1-3-6-16-15-5-8-18-12-13(15)10-17-7-9-19-14(4-2)11-17/h13-16H,3-12H2,1-2H3. The summed E-state index contributed by atoms with van der Waals surface area (Å²) in [5.41, 5.74) is 0. The second-order valence-electron chi connectivity index (χ2n) is 5.84. The Morgan fingerprint density at radius 2 is 2.26 bits per heavy atom. The van der Waals surface area contributed by atoms with Gasteiger partial charge in [-0.15, -0.1) is 0 Å². The Kier molecular flexibility index (Phi) is 6.99. The largest absolute Gasteiger partial charge is 0.381 e. The van der Waals surface area contributed by atoms with Crippen LogP contribution in [0.2, 0.25) is 0 Å². The Bertz CT molecular complexity index is 252. The summed E-state index contributed by atoms with van der Waals surface area (Å²) in [5, 5.41) is 4.57. The number of nitrogens with zero attached hydrogens (tertiary/aromatic N) is 1. The van der Waals surface area contributed by atoms with Gasteiger partial charge in [-0.25, -0.2) is 0 Å². The van der Waals surface area contributed by atoms with Crippen molar-refractivity contribution in [1.82, 2.24) is 10.2 Å². The maximum Gasteiger partial charge on any atom is 0.0521 e. The van der Waals surface area contributed by atoms with Crippen molar-refractivity contribution < 1.29 is 4.74 Å². The van der Waals surface area contributed by atoms with E-state index in [1.807, 2.05) is 0 Å². The van der Waals surface area contributed by atoms with Crippen molar-refractivity contribution in [2.45, 2.75) is 44.4 Å². The molecule has 0 aromatic carbocycles. The lowest BCUT2D eigenvalue weighted by atomic mass is 9.94. The molecule has 2 fully saturated rings. The number of thioether (sulfide) groups is 1. The van der Waals surface area contributed by atoms with Crippen molar-refractivity contribution in [2.24, 2.45) is 5.92 Å². The van der Waals surface area contributed by atoms with Gasteiger partial charge in [-0.1, -0.05) is 13.8 Å². The molecule has 0 radical (unpaired) electrons. The van der Waals surface area contributed by atoms with E-state index in [-0.39, 0.29) is 0 Å². The van der Waals surface area contributed by atoms with E-state index >= 15 is 0 Å². The molecule has 0 spiro atoms. The summed E-state index contributed by atoms with van der Waals surface area (Å²) in [4.78, 5) is 2.67. The molecule has 4 heteroatoms. The van der Waals surface area contributed by atoms with Crippen LogP contribution in [0.3, 0.4) is 0 Å². The zero-order valence-electron chi connectivity index (χ0n) is 12.6. The molecule has 0 saturated carbocycles. The average Bonchev–Trinajstić information content (AvgIpc) is 2.46. The molecule has 19 heavy (non-hydrogen) atoms. The fourth-order valence-corrected chi connectivity index (χ4v) is 4.35. The second kappa shape index (κ2) is 8.50. The zero-order valence-corrected chi connectivity index (χ0v) is 13.4. The first-order valence-electron chi connectivity index (χ1n) is 7.98. The van der Waals surface area contributed by atoms with E-state index in [0.717, 1.165) is 25.0 Å². The van der Waals surface area contributed by atoms with E-state index < -0.39 is 0 Å². The number of nitrogens with one attached hydrogen (secondary N) is 1. The molecule has 1 N–H and O–H groups in total. The van der Waals surface area contributed by atoms with Crippen LogP contribution in [0.5, 0.6) is 0 Å². The van der Waals surface area contributed by atoms with Crippen LogP contribution in [-0.2, 0) is 4.74 Å². The number of ether oxygens (including phenoxy) is 1. The first-order valence-corrected chi connectivity index (χ1v) is 9.03. The highest BCUT2D eigenvalue weighted by molar-refractivity contribution is 8.00. The molecule has 2 saturated heterocycles. The number of hydrogen-bond acceptors (Lipinski definition) is 4. The highest BCUT2D eigenvalue weighted by Crippen LogP contribution is 2.23. The lowest BCUT2D eigenvalue weighted by molar-refractivity contribution is 0.0170. The normalized spacial score (nSPS) is 33.5. The summed E-state index contributed by atoms with van der Waals surface area (Å²) in [7, 11) is 0. The summed E-state index contributed by atoms with van der Waals surface area (Å²) < 4.78 is 5.72. The molecule has 112 valence electrons. The summed E-state index contributed by atoms with van der Waals surface area (Å²) >= 11 is 2.16. The summed E-state index contributed by atoms with van der Waals surface area (Å²) in [6, 6.07) is 0.670. The molecule has 0 aromatic heterocycles. The van der Waals surface area contributed by atoms with Crippen LogP contribution in [0.4, 0.5) is 0 Å². The van der Waals surface area contributed by atoms with Crippen molar-refractivity contribution in [3.63, 3.8) is 0 Å². The Balaban J connectivity index is 1.80. The van der Waals surface area contributed by atoms with E-state index in [4.69, 9.17) is 4.74 Å². The smallest absolute Gasteiger partial charge is 0.0521 e. The van der Waals surface area contributed by atoms with E-state index in [1.165, 1.54) is 44.6 Å². The second-order valence-corrected chi connectivity index (χ2v) is 7.25. The van der Waals surface area contributed by atoms with Gasteiger partial charge < -0.3 is 15.0 Å². The Morgan fingerprint density at radius 3 is 3.05 bits per heavy atom. The molecule has 0 amide bonds. The monoisotopic (exact) mass is 286 g/mol. The molecule has 3 unspecified atom stereocenters. The van der Waals surface area contributed by atoms with E-state index in [2.05, 4.69) is 35.8 Å². The molecular formula is C15H30N2OS. The van der Waals surface area contributed by atoms with Gasteiger partial charge in [0.1, 0.15) is 0 Å². The fraction of sp³-hybridized carbons (Fsp3) is 1.00. The van der Waals surface area contributed by atoms with Gasteiger partial charge in [-0.05, 0) is 25.8 Å². The fourth-order valence-electron chi connectivity index (χ4n) is 3.10. The van der Waals surface area contributed by atoms with Crippen molar-refractivity contribution >= 4 is 11.8 Å². The molecule has 2 aliphatic heterocycles. The quantitative estimate of drug-likeness (QED) is 0.809. The first-order chi connectivity index (χ1) is 9.33. The summed E-state index contributed by atoms with van der Waals surface area (Å²) in [6.07, 6.45) is 3.71. The molecule has 3 nitrogen and oxygen atoms in total. The van der Waals surface area contributed by atoms with Crippen LogP contribution in [0.25, 0.3) is 0 Å². The number of rotatable bonds is 6. The summed E-state index contributed by atoms with van der Waals surface area (Å²) in [6.45, 7) is 11.3. The van der Waals surface area contributed by atoms with Gasteiger partial charge in [0.2, 0.25) is 0 Å². The van der Waals surface area contributed by atoms with Gasteiger partial charge in [-0.3, -0.25) is 0 Å². The van der Waals surface area contributed by atoms with Crippen LogP contribution >= 0.6 is 11.8 Å².